The average molecular weight is 219 g/mol. The molecular weight excluding hydrogens is 206 g/mol. The highest BCUT2D eigenvalue weighted by Crippen LogP contribution is 2.28. The van der Waals surface area contributed by atoms with E-state index >= 15 is 0 Å². The summed E-state index contributed by atoms with van der Waals surface area (Å²) in [4.78, 5) is 0. The van der Waals surface area contributed by atoms with E-state index in [4.69, 9.17) is 0 Å². The molecule has 0 amide bonds. The van der Waals surface area contributed by atoms with Crippen LogP contribution in [0.1, 0.15) is 12.5 Å². The molecule has 0 fully saturated rings. The fraction of sp³-hybridized carbons (Fsp3) is 0.273. The molecule has 0 saturated heterocycles. The zero-order valence-corrected chi connectivity index (χ0v) is 9.64. The molecule has 0 radical (unpaired) electrons. The minimum Gasteiger partial charge on any atom is -0.368 e. The van der Waals surface area contributed by atoms with Crippen molar-refractivity contribution in [2.45, 2.75) is 13.8 Å². The maximum Gasteiger partial charge on any atom is 0.168 e. The topological polar surface area (TPSA) is 37.8 Å². The number of anilines is 1. The summed E-state index contributed by atoms with van der Waals surface area (Å²) >= 11 is 1.25. The van der Waals surface area contributed by atoms with Crippen LogP contribution in [0.15, 0.2) is 24.3 Å². The highest BCUT2D eigenvalue weighted by molar-refractivity contribution is 6.99. The first-order valence-electron chi connectivity index (χ1n) is 4.95. The van der Waals surface area contributed by atoms with Crippen molar-refractivity contribution in [3.8, 4) is 11.3 Å². The van der Waals surface area contributed by atoms with Gasteiger partial charge in [-0.3, -0.25) is 0 Å². The SMILES string of the molecule is CCNc1nsnc1-c1ccccc1C. The van der Waals surface area contributed by atoms with Crippen LogP contribution in [-0.4, -0.2) is 15.3 Å². The van der Waals surface area contributed by atoms with Gasteiger partial charge in [-0.1, -0.05) is 24.3 Å². The molecule has 1 heterocycles. The van der Waals surface area contributed by atoms with Gasteiger partial charge in [-0.2, -0.15) is 8.75 Å². The molecule has 0 saturated carbocycles. The molecule has 0 atom stereocenters. The summed E-state index contributed by atoms with van der Waals surface area (Å²) in [5.41, 5.74) is 3.34. The number of nitrogens with one attached hydrogen (secondary N) is 1. The molecule has 78 valence electrons. The fourth-order valence-corrected chi connectivity index (χ4v) is 2.03. The number of nitrogens with zero attached hydrogens (tertiary/aromatic N) is 2. The predicted octanol–water partition coefficient (Wildman–Crippen LogP) is 2.95. The van der Waals surface area contributed by atoms with Gasteiger partial charge in [-0.25, -0.2) is 0 Å². The highest BCUT2D eigenvalue weighted by Gasteiger charge is 2.10. The van der Waals surface area contributed by atoms with Crippen LogP contribution in [0, 0.1) is 6.92 Å². The van der Waals surface area contributed by atoms with E-state index in [1.165, 1.54) is 17.3 Å². The minimum atomic E-state index is 0.865. The monoisotopic (exact) mass is 219 g/mol. The van der Waals surface area contributed by atoms with Crippen molar-refractivity contribution in [3.05, 3.63) is 29.8 Å². The molecule has 2 aromatic rings. The number of aromatic nitrogens is 2. The van der Waals surface area contributed by atoms with E-state index in [-0.39, 0.29) is 0 Å². The van der Waals surface area contributed by atoms with Gasteiger partial charge in [0, 0.05) is 12.1 Å². The Morgan fingerprint density at radius 1 is 1.27 bits per heavy atom. The quantitative estimate of drug-likeness (QED) is 0.862. The Morgan fingerprint density at radius 2 is 2.07 bits per heavy atom. The van der Waals surface area contributed by atoms with E-state index in [1.54, 1.807) is 0 Å². The molecule has 0 unspecified atom stereocenters. The smallest absolute Gasteiger partial charge is 0.168 e. The first-order chi connectivity index (χ1) is 7.33. The van der Waals surface area contributed by atoms with Crippen molar-refractivity contribution in [1.29, 1.82) is 0 Å². The van der Waals surface area contributed by atoms with Crippen LogP contribution in [0.3, 0.4) is 0 Å². The second kappa shape index (κ2) is 4.40. The number of rotatable bonds is 3. The van der Waals surface area contributed by atoms with Gasteiger partial charge in [0.2, 0.25) is 0 Å². The van der Waals surface area contributed by atoms with Crippen LogP contribution in [-0.2, 0) is 0 Å². The van der Waals surface area contributed by atoms with Crippen LogP contribution in [0.2, 0.25) is 0 Å². The molecule has 0 aliphatic heterocycles. The Bertz CT molecular complexity index is 451. The molecule has 4 heteroatoms. The second-order valence-corrected chi connectivity index (χ2v) is 3.84. The molecule has 0 aliphatic carbocycles. The number of benzene rings is 1. The molecule has 2 rings (SSSR count). The molecule has 1 N–H and O–H groups in total. The third-order valence-electron chi connectivity index (χ3n) is 2.23. The lowest BCUT2D eigenvalue weighted by Gasteiger charge is -2.04. The lowest BCUT2D eigenvalue weighted by molar-refractivity contribution is 1.19. The molecular formula is C11H13N3S. The Kier molecular flexibility index (Phi) is 2.97. The zero-order chi connectivity index (χ0) is 10.7. The van der Waals surface area contributed by atoms with Crippen LogP contribution >= 0.6 is 11.7 Å². The lowest BCUT2D eigenvalue weighted by Crippen LogP contribution is -1.98. The van der Waals surface area contributed by atoms with E-state index in [0.717, 1.165) is 23.6 Å². The summed E-state index contributed by atoms with van der Waals surface area (Å²) in [6, 6.07) is 8.22. The summed E-state index contributed by atoms with van der Waals surface area (Å²) < 4.78 is 8.58. The molecule has 0 spiro atoms. The van der Waals surface area contributed by atoms with E-state index in [9.17, 15) is 0 Å². The molecule has 15 heavy (non-hydrogen) atoms. The number of hydrogen-bond donors (Lipinski definition) is 1. The first-order valence-corrected chi connectivity index (χ1v) is 5.68. The van der Waals surface area contributed by atoms with E-state index in [2.05, 4.69) is 40.0 Å². The van der Waals surface area contributed by atoms with Crippen LogP contribution < -0.4 is 5.32 Å². The van der Waals surface area contributed by atoms with Gasteiger partial charge in [0.1, 0.15) is 5.69 Å². The Labute approximate surface area is 93.5 Å². The lowest BCUT2D eigenvalue weighted by atomic mass is 10.1. The Morgan fingerprint density at radius 3 is 2.80 bits per heavy atom. The summed E-state index contributed by atoms with van der Waals surface area (Å²) in [7, 11) is 0. The van der Waals surface area contributed by atoms with Crippen molar-refractivity contribution < 1.29 is 0 Å². The molecule has 0 bridgehead atoms. The summed E-state index contributed by atoms with van der Waals surface area (Å²) in [6.45, 7) is 5.01. The summed E-state index contributed by atoms with van der Waals surface area (Å²) in [6.07, 6.45) is 0. The fourth-order valence-electron chi connectivity index (χ4n) is 1.49. The van der Waals surface area contributed by atoms with Crippen LogP contribution in [0.25, 0.3) is 11.3 Å². The van der Waals surface area contributed by atoms with Gasteiger partial charge in [0.05, 0.1) is 11.7 Å². The maximum atomic E-state index is 4.33. The third-order valence-corrected chi connectivity index (χ3v) is 2.76. The van der Waals surface area contributed by atoms with Gasteiger partial charge in [0.25, 0.3) is 0 Å². The molecule has 3 nitrogen and oxygen atoms in total. The van der Waals surface area contributed by atoms with Gasteiger partial charge in [-0.05, 0) is 19.4 Å². The number of hydrogen-bond acceptors (Lipinski definition) is 4. The van der Waals surface area contributed by atoms with Crippen LogP contribution in [0.4, 0.5) is 5.82 Å². The highest BCUT2D eigenvalue weighted by atomic mass is 32.1. The Balaban J connectivity index is 2.45. The average Bonchev–Trinajstić information content (AvgIpc) is 2.67. The zero-order valence-electron chi connectivity index (χ0n) is 8.82. The molecule has 1 aromatic carbocycles. The van der Waals surface area contributed by atoms with E-state index in [1.807, 2.05) is 12.1 Å². The second-order valence-electron chi connectivity index (χ2n) is 3.31. The van der Waals surface area contributed by atoms with Gasteiger partial charge >= 0.3 is 0 Å². The maximum absolute atomic E-state index is 4.33. The number of aryl methyl sites for hydroxylation is 1. The van der Waals surface area contributed by atoms with E-state index < -0.39 is 0 Å². The molecule has 0 aliphatic rings. The summed E-state index contributed by atoms with van der Waals surface area (Å²) in [5.74, 6) is 0.886. The van der Waals surface area contributed by atoms with Gasteiger partial charge in [-0.15, -0.1) is 0 Å². The summed E-state index contributed by atoms with van der Waals surface area (Å²) in [5, 5.41) is 3.22. The van der Waals surface area contributed by atoms with Gasteiger partial charge in [0.15, 0.2) is 5.82 Å². The standard InChI is InChI=1S/C11H13N3S/c1-3-12-11-10(13-15-14-11)9-7-5-4-6-8(9)2/h4-7H,3H2,1-2H3,(H,12,14). The van der Waals surface area contributed by atoms with Crippen molar-refractivity contribution in [2.75, 3.05) is 11.9 Å². The third kappa shape index (κ3) is 1.99. The van der Waals surface area contributed by atoms with Crippen molar-refractivity contribution in [1.82, 2.24) is 8.75 Å². The first kappa shape index (κ1) is 10.1. The largest absolute Gasteiger partial charge is 0.368 e. The van der Waals surface area contributed by atoms with E-state index in [0.29, 0.717) is 0 Å². The minimum absolute atomic E-state index is 0.865. The predicted molar refractivity (Wildman–Crippen MR) is 64.2 cm³/mol. The Hall–Kier alpha value is -1.42. The van der Waals surface area contributed by atoms with Crippen LogP contribution in [0.5, 0.6) is 0 Å². The molecule has 1 aromatic heterocycles. The van der Waals surface area contributed by atoms with Crippen molar-refractivity contribution in [2.24, 2.45) is 0 Å². The van der Waals surface area contributed by atoms with Crippen molar-refractivity contribution in [3.63, 3.8) is 0 Å². The van der Waals surface area contributed by atoms with Crippen molar-refractivity contribution >= 4 is 17.5 Å². The normalized spacial score (nSPS) is 10.3. The van der Waals surface area contributed by atoms with Gasteiger partial charge < -0.3 is 5.32 Å².